The smallest absolute Gasteiger partial charge is 0.228 e. The Morgan fingerprint density at radius 2 is 1.86 bits per heavy atom. The minimum atomic E-state index is -0.194. The largest absolute Gasteiger partial charge is 0.438 e. The number of hydrogen-bond donors (Lipinski definition) is 2. The van der Waals surface area contributed by atoms with Gasteiger partial charge >= 0.3 is 0 Å². The molecule has 5 nitrogen and oxygen atoms in total. The number of aryl methyl sites for hydroxylation is 1. The summed E-state index contributed by atoms with van der Waals surface area (Å²) in [6, 6.07) is 18.6. The Morgan fingerprint density at radius 1 is 1.07 bits per heavy atom. The first-order valence-electron chi connectivity index (χ1n) is 8.91. The van der Waals surface area contributed by atoms with E-state index in [1.54, 1.807) is 0 Å². The number of nitrogen functional groups attached to an aromatic ring is 1. The average molecular weight is 433 g/mol. The fourth-order valence-electron chi connectivity index (χ4n) is 3.86. The van der Waals surface area contributed by atoms with Crippen molar-refractivity contribution >= 4 is 26.7 Å². The topological polar surface area (TPSA) is 76.9 Å². The van der Waals surface area contributed by atoms with Crippen LogP contribution in [-0.4, -0.2) is 9.66 Å². The number of ether oxygens (including phenoxy) is 1. The van der Waals surface area contributed by atoms with Gasteiger partial charge in [-0.15, -0.1) is 0 Å². The van der Waals surface area contributed by atoms with E-state index in [-0.39, 0.29) is 11.4 Å². The van der Waals surface area contributed by atoms with Crippen LogP contribution in [0.15, 0.2) is 65.4 Å². The second-order valence-electron chi connectivity index (χ2n) is 7.01. The van der Waals surface area contributed by atoms with Crippen LogP contribution < -0.4 is 16.1 Å². The van der Waals surface area contributed by atoms with Gasteiger partial charge in [-0.05, 0) is 41.5 Å². The molecule has 0 bridgehead atoms. The zero-order chi connectivity index (χ0) is 19.4. The van der Waals surface area contributed by atoms with Crippen LogP contribution in [0.2, 0.25) is 0 Å². The molecule has 0 aliphatic carbocycles. The maximum absolute atomic E-state index is 8.59. The molecule has 0 saturated carbocycles. The Balaban J connectivity index is 1.89. The molecule has 2 heterocycles. The normalized spacial score (nSPS) is 15.0. The fourth-order valence-corrected chi connectivity index (χ4v) is 4.23. The maximum atomic E-state index is 8.59. The van der Waals surface area contributed by atoms with Gasteiger partial charge in [-0.2, -0.15) is 0 Å². The number of halogens is 1. The molecule has 1 atom stereocenters. The number of nitrogens with one attached hydrogen (secondary N) is 1. The number of rotatable bonds is 1. The first kappa shape index (κ1) is 17.0. The van der Waals surface area contributed by atoms with Crippen LogP contribution in [0.25, 0.3) is 10.8 Å². The van der Waals surface area contributed by atoms with E-state index in [2.05, 4.69) is 64.2 Å². The van der Waals surface area contributed by atoms with Gasteiger partial charge in [0.25, 0.3) is 0 Å². The van der Waals surface area contributed by atoms with E-state index in [1.807, 2.05) is 18.2 Å². The molecule has 4 aromatic rings. The van der Waals surface area contributed by atoms with Gasteiger partial charge in [0, 0.05) is 16.0 Å². The molecule has 6 heteroatoms. The lowest BCUT2D eigenvalue weighted by molar-refractivity contribution is 0.427. The molecular weight excluding hydrogens is 416 g/mol. The van der Waals surface area contributed by atoms with Gasteiger partial charge in [-0.1, -0.05) is 57.9 Å². The summed E-state index contributed by atoms with van der Waals surface area (Å²) < 4.78 is 8.37. The molecule has 3 aromatic carbocycles. The van der Waals surface area contributed by atoms with Crippen LogP contribution >= 0.6 is 15.9 Å². The summed E-state index contributed by atoms with van der Waals surface area (Å²) in [5.41, 5.74) is 4.16. The molecule has 0 amide bonds. The summed E-state index contributed by atoms with van der Waals surface area (Å²) in [7, 11) is 0. The highest BCUT2D eigenvalue weighted by Gasteiger charge is 2.33. The highest BCUT2D eigenvalue weighted by Crippen LogP contribution is 2.48. The molecule has 3 N–H and O–H groups in total. The number of nitrogens with two attached hydrogens (primary N) is 1. The van der Waals surface area contributed by atoms with E-state index in [0.29, 0.717) is 11.4 Å². The standard InChI is InChI=1S/C22H17BrN4O/c1-12-2-4-13(5-3-12)18-19-16-8-7-15(23)10-14(16)6-9-17(19)28-22-20(18)21(24)27(25)11-26-22/h2-11,18,24H,25H2,1H3. The van der Waals surface area contributed by atoms with E-state index in [1.165, 1.54) is 16.6 Å². The highest BCUT2D eigenvalue weighted by atomic mass is 79.9. The molecule has 0 saturated heterocycles. The van der Waals surface area contributed by atoms with Crippen molar-refractivity contribution in [3.63, 3.8) is 0 Å². The zero-order valence-corrected chi connectivity index (χ0v) is 16.7. The molecule has 0 fully saturated rings. The van der Waals surface area contributed by atoms with Gasteiger partial charge in [0.05, 0.1) is 5.56 Å². The Kier molecular flexibility index (Phi) is 3.77. The summed E-state index contributed by atoms with van der Waals surface area (Å²) in [6.07, 6.45) is 1.41. The summed E-state index contributed by atoms with van der Waals surface area (Å²) >= 11 is 3.55. The summed E-state index contributed by atoms with van der Waals surface area (Å²) in [6.45, 7) is 2.06. The third-order valence-electron chi connectivity index (χ3n) is 5.22. The van der Waals surface area contributed by atoms with E-state index in [4.69, 9.17) is 16.0 Å². The van der Waals surface area contributed by atoms with Crippen LogP contribution in [-0.2, 0) is 0 Å². The number of benzene rings is 3. The number of fused-ring (bicyclic) bond motifs is 4. The van der Waals surface area contributed by atoms with Gasteiger partial charge < -0.3 is 10.6 Å². The van der Waals surface area contributed by atoms with Crippen molar-refractivity contribution in [3.8, 4) is 11.6 Å². The van der Waals surface area contributed by atoms with E-state index in [0.717, 1.165) is 32.1 Å². The van der Waals surface area contributed by atoms with Crippen molar-refractivity contribution < 1.29 is 4.74 Å². The van der Waals surface area contributed by atoms with Crippen molar-refractivity contribution in [2.45, 2.75) is 12.8 Å². The summed E-state index contributed by atoms with van der Waals surface area (Å²) in [5, 5.41) is 10.8. The maximum Gasteiger partial charge on any atom is 0.228 e. The molecular formula is C22H17BrN4O. The number of nitrogens with zero attached hydrogens (tertiary/aromatic N) is 2. The number of hydrogen-bond acceptors (Lipinski definition) is 4. The lowest BCUT2D eigenvalue weighted by atomic mass is 9.81. The first-order valence-corrected chi connectivity index (χ1v) is 9.70. The predicted octanol–water partition coefficient (Wildman–Crippen LogP) is 4.59. The van der Waals surface area contributed by atoms with Crippen molar-refractivity contribution in [2.75, 3.05) is 5.84 Å². The van der Waals surface area contributed by atoms with Gasteiger partial charge in [-0.25, -0.2) is 9.66 Å². The molecule has 28 heavy (non-hydrogen) atoms. The van der Waals surface area contributed by atoms with Crippen LogP contribution in [0, 0.1) is 12.3 Å². The van der Waals surface area contributed by atoms with Crippen molar-refractivity contribution in [1.29, 1.82) is 5.41 Å². The summed E-state index contributed by atoms with van der Waals surface area (Å²) in [4.78, 5) is 4.35. The van der Waals surface area contributed by atoms with Gasteiger partial charge in [0.1, 0.15) is 12.1 Å². The second-order valence-corrected chi connectivity index (χ2v) is 7.92. The molecule has 1 aliphatic rings. The lowest BCUT2D eigenvalue weighted by Gasteiger charge is -2.29. The summed E-state index contributed by atoms with van der Waals surface area (Å²) in [5.74, 6) is 6.96. The van der Waals surface area contributed by atoms with Gasteiger partial charge in [-0.3, -0.25) is 5.41 Å². The number of aromatic nitrogens is 2. The van der Waals surface area contributed by atoms with E-state index in [9.17, 15) is 0 Å². The Hall–Kier alpha value is -3.12. The Morgan fingerprint density at radius 3 is 2.64 bits per heavy atom. The molecule has 1 unspecified atom stereocenters. The van der Waals surface area contributed by atoms with E-state index >= 15 is 0 Å². The van der Waals surface area contributed by atoms with Crippen LogP contribution in [0.5, 0.6) is 11.6 Å². The molecule has 0 spiro atoms. The fraction of sp³-hybridized carbons (Fsp3) is 0.0909. The van der Waals surface area contributed by atoms with E-state index < -0.39 is 0 Å². The van der Waals surface area contributed by atoms with Crippen LogP contribution in [0.1, 0.15) is 28.2 Å². The Labute approximate surface area is 170 Å². The highest BCUT2D eigenvalue weighted by molar-refractivity contribution is 9.10. The van der Waals surface area contributed by atoms with Gasteiger partial charge in [0.15, 0.2) is 5.49 Å². The monoisotopic (exact) mass is 432 g/mol. The molecule has 5 rings (SSSR count). The lowest BCUT2D eigenvalue weighted by Crippen LogP contribution is -2.33. The quantitative estimate of drug-likeness (QED) is 0.380. The molecule has 0 radical (unpaired) electrons. The zero-order valence-electron chi connectivity index (χ0n) is 15.1. The van der Waals surface area contributed by atoms with Crippen molar-refractivity contribution in [2.24, 2.45) is 0 Å². The third kappa shape index (κ3) is 2.52. The van der Waals surface area contributed by atoms with Crippen molar-refractivity contribution in [3.05, 3.63) is 93.1 Å². The Bertz CT molecular complexity index is 1290. The van der Waals surface area contributed by atoms with Crippen LogP contribution in [0.3, 0.4) is 0 Å². The second kappa shape index (κ2) is 6.21. The molecule has 1 aliphatic heterocycles. The molecule has 138 valence electrons. The van der Waals surface area contributed by atoms with Crippen LogP contribution in [0.4, 0.5) is 0 Å². The first-order chi connectivity index (χ1) is 13.5. The molecule has 1 aromatic heterocycles. The minimum absolute atomic E-state index is 0.190. The average Bonchev–Trinajstić information content (AvgIpc) is 2.70. The van der Waals surface area contributed by atoms with Gasteiger partial charge in [0.2, 0.25) is 5.88 Å². The SMILES string of the molecule is Cc1ccc(C2c3c(ncn(N)c3=N)Oc3ccc4cc(Br)ccc4c32)cc1. The predicted molar refractivity (Wildman–Crippen MR) is 112 cm³/mol. The van der Waals surface area contributed by atoms with Crippen molar-refractivity contribution in [1.82, 2.24) is 9.66 Å². The minimum Gasteiger partial charge on any atom is -0.438 e. The third-order valence-corrected chi connectivity index (χ3v) is 5.71.